The Kier molecular flexibility index (Phi) is 4.08. The summed E-state index contributed by atoms with van der Waals surface area (Å²) in [7, 11) is 0. The van der Waals surface area contributed by atoms with Crippen LogP contribution in [0.3, 0.4) is 0 Å². The summed E-state index contributed by atoms with van der Waals surface area (Å²) >= 11 is 0. The maximum atomic E-state index is 13.3. The number of benzene rings is 1. The van der Waals surface area contributed by atoms with E-state index >= 15 is 0 Å². The summed E-state index contributed by atoms with van der Waals surface area (Å²) in [5.41, 5.74) is 1.11. The predicted octanol–water partition coefficient (Wildman–Crippen LogP) is 1.46. The molecule has 0 unspecified atom stereocenters. The second kappa shape index (κ2) is 6.70. The molecule has 2 bridgehead atoms. The number of hydrogen-bond acceptors (Lipinski definition) is 6. The Bertz CT molecular complexity index is 1360. The van der Waals surface area contributed by atoms with Gasteiger partial charge in [0.25, 0.3) is 0 Å². The van der Waals surface area contributed by atoms with E-state index in [9.17, 15) is 24.8 Å². The summed E-state index contributed by atoms with van der Waals surface area (Å²) in [6.07, 6.45) is 1.66. The van der Waals surface area contributed by atoms with E-state index in [0.29, 0.717) is 40.8 Å². The molecule has 2 aliphatic rings. The molecule has 0 aliphatic carbocycles. The predicted molar refractivity (Wildman–Crippen MR) is 107 cm³/mol. The van der Waals surface area contributed by atoms with E-state index in [2.05, 4.69) is 11.1 Å². The lowest BCUT2D eigenvalue weighted by Crippen LogP contribution is -2.37. The lowest BCUT2D eigenvalue weighted by Gasteiger charge is -2.27. The van der Waals surface area contributed by atoms with Crippen molar-refractivity contribution >= 4 is 22.8 Å². The SMILES string of the molecule is N#Cc1ccc(-n2c(O)c3n(c2=O)[C@H]2C[C@@H]3N(C(=O)CCC(=O)O)C2)c2cccnc12. The molecule has 2 aliphatic heterocycles. The molecule has 1 saturated heterocycles. The highest BCUT2D eigenvalue weighted by Gasteiger charge is 2.49. The van der Waals surface area contributed by atoms with Crippen LogP contribution in [-0.2, 0) is 9.59 Å². The number of carboxylic acids is 1. The van der Waals surface area contributed by atoms with Gasteiger partial charge < -0.3 is 15.1 Å². The highest BCUT2D eigenvalue weighted by molar-refractivity contribution is 5.91. The minimum absolute atomic E-state index is 0.129. The van der Waals surface area contributed by atoms with Crippen molar-refractivity contribution in [3.63, 3.8) is 0 Å². The summed E-state index contributed by atoms with van der Waals surface area (Å²) in [5.74, 6) is -1.62. The van der Waals surface area contributed by atoms with Crippen LogP contribution >= 0.6 is 0 Å². The van der Waals surface area contributed by atoms with Gasteiger partial charge in [-0.1, -0.05) is 0 Å². The molecule has 0 radical (unpaired) electrons. The van der Waals surface area contributed by atoms with Gasteiger partial charge in [0.1, 0.15) is 11.8 Å². The number of imidazole rings is 1. The molecule has 10 heteroatoms. The molecule has 156 valence electrons. The van der Waals surface area contributed by atoms with Gasteiger partial charge in [0, 0.05) is 24.5 Å². The molecule has 4 heterocycles. The number of amides is 1. The maximum absolute atomic E-state index is 13.3. The van der Waals surface area contributed by atoms with Crippen LogP contribution in [0.5, 0.6) is 5.88 Å². The van der Waals surface area contributed by atoms with Crippen LogP contribution < -0.4 is 5.69 Å². The highest BCUT2D eigenvalue weighted by atomic mass is 16.4. The highest BCUT2D eigenvalue weighted by Crippen LogP contribution is 2.49. The molecular weight excluding hydrogens is 402 g/mol. The average molecular weight is 419 g/mol. The van der Waals surface area contributed by atoms with Crippen LogP contribution in [0, 0.1) is 11.3 Å². The number of pyridine rings is 1. The lowest BCUT2D eigenvalue weighted by molar-refractivity contribution is -0.141. The monoisotopic (exact) mass is 419 g/mol. The van der Waals surface area contributed by atoms with E-state index in [1.807, 2.05) is 0 Å². The van der Waals surface area contributed by atoms with Crippen LogP contribution in [-0.4, -0.2) is 47.7 Å². The minimum Gasteiger partial charge on any atom is -0.493 e. The number of carbonyl (C=O) groups is 2. The Hall–Kier alpha value is -4.13. The van der Waals surface area contributed by atoms with Gasteiger partial charge in [-0.25, -0.2) is 9.36 Å². The van der Waals surface area contributed by atoms with Crippen molar-refractivity contribution in [2.45, 2.75) is 31.3 Å². The normalized spacial score (nSPS) is 18.9. The fourth-order valence-corrected chi connectivity index (χ4v) is 4.74. The summed E-state index contributed by atoms with van der Waals surface area (Å²) in [5, 5.41) is 29.8. The molecule has 5 rings (SSSR count). The molecular formula is C21H17N5O5. The van der Waals surface area contributed by atoms with Gasteiger partial charge in [-0.2, -0.15) is 5.26 Å². The third-order valence-corrected chi connectivity index (χ3v) is 6.04. The van der Waals surface area contributed by atoms with E-state index in [1.54, 1.807) is 35.4 Å². The van der Waals surface area contributed by atoms with Crippen LogP contribution in [0.25, 0.3) is 16.6 Å². The average Bonchev–Trinajstić information content (AvgIpc) is 3.43. The van der Waals surface area contributed by atoms with Gasteiger partial charge in [-0.15, -0.1) is 0 Å². The van der Waals surface area contributed by atoms with Gasteiger partial charge in [0.2, 0.25) is 11.8 Å². The molecule has 2 N–H and O–H groups in total. The number of aromatic nitrogens is 3. The van der Waals surface area contributed by atoms with Crippen molar-refractivity contribution < 1.29 is 19.8 Å². The van der Waals surface area contributed by atoms with Gasteiger partial charge >= 0.3 is 11.7 Å². The molecule has 1 fully saturated rings. The number of hydrogen-bond donors (Lipinski definition) is 2. The topological polar surface area (TPSA) is 141 Å². The van der Waals surface area contributed by atoms with E-state index in [0.717, 1.165) is 0 Å². The largest absolute Gasteiger partial charge is 0.493 e. The molecule has 0 spiro atoms. The Morgan fingerprint density at radius 3 is 2.81 bits per heavy atom. The second-order valence-corrected chi connectivity index (χ2v) is 7.69. The fourth-order valence-electron chi connectivity index (χ4n) is 4.74. The van der Waals surface area contributed by atoms with Crippen LogP contribution in [0.4, 0.5) is 0 Å². The number of aromatic hydroxyl groups is 1. The Labute approximate surface area is 175 Å². The Balaban J connectivity index is 1.61. The zero-order valence-electron chi connectivity index (χ0n) is 16.2. The third-order valence-electron chi connectivity index (χ3n) is 6.04. The number of fused-ring (bicyclic) bond motifs is 6. The molecule has 31 heavy (non-hydrogen) atoms. The zero-order valence-corrected chi connectivity index (χ0v) is 16.2. The van der Waals surface area contributed by atoms with Gasteiger partial charge in [0.15, 0.2) is 0 Å². The van der Waals surface area contributed by atoms with E-state index < -0.39 is 17.7 Å². The van der Waals surface area contributed by atoms with Crippen molar-refractivity contribution in [1.82, 2.24) is 19.0 Å². The minimum atomic E-state index is -1.05. The van der Waals surface area contributed by atoms with E-state index in [1.165, 1.54) is 9.13 Å². The summed E-state index contributed by atoms with van der Waals surface area (Å²) < 4.78 is 2.70. The summed E-state index contributed by atoms with van der Waals surface area (Å²) in [4.78, 5) is 42.4. The number of nitriles is 1. The van der Waals surface area contributed by atoms with Crippen molar-refractivity contribution in [3.05, 3.63) is 52.2 Å². The molecule has 3 aromatic rings. The first-order valence-electron chi connectivity index (χ1n) is 9.78. The van der Waals surface area contributed by atoms with Crippen LogP contribution in [0.15, 0.2) is 35.3 Å². The first-order valence-corrected chi connectivity index (χ1v) is 9.78. The number of nitrogens with zero attached hydrogens (tertiary/aromatic N) is 5. The number of carboxylic acid groups (broad SMARTS) is 1. The second-order valence-electron chi connectivity index (χ2n) is 7.69. The van der Waals surface area contributed by atoms with Gasteiger partial charge in [0.05, 0.1) is 35.3 Å². The van der Waals surface area contributed by atoms with Crippen molar-refractivity contribution in [3.8, 4) is 17.6 Å². The fraction of sp³-hybridized carbons (Fsp3) is 0.286. The number of aliphatic carboxylic acids is 1. The Morgan fingerprint density at radius 2 is 2.06 bits per heavy atom. The standard InChI is InChI=1S/C21H17N5O5/c22-9-11-3-4-14(13-2-1-7-23-18(11)13)26-20(30)19-15-8-12(25(19)21(26)31)10-24(15)16(27)5-6-17(28)29/h1-4,7,12,15,30H,5-6,8,10H2,(H,28,29)/t12-,15-/m0/s1. The van der Waals surface area contributed by atoms with Gasteiger partial charge in [-0.05, 0) is 30.7 Å². The number of carbonyl (C=O) groups excluding carboxylic acids is 1. The third kappa shape index (κ3) is 2.63. The number of likely N-dealkylation sites (tertiary alicyclic amines) is 1. The Morgan fingerprint density at radius 1 is 1.26 bits per heavy atom. The maximum Gasteiger partial charge on any atom is 0.336 e. The first-order chi connectivity index (χ1) is 14.9. The van der Waals surface area contributed by atoms with E-state index in [-0.39, 0.29) is 30.7 Å². The molecule has 2 atom stereocenters. The number of rotatable bonds is 4. The quantitative estimate of drug-likeness (QED) is 0.652. The van der Waals surface area contributed by atoms with Gasteiger partial charge in [-0.3, -0.25) is 19.1 Å². The summed E-state index contributed by atoms with van der Waals surface area (Å²) in [6.45, 7) is 0.301. The first kappa shape index (κ1) is 18.9. The molecule has 10 nitrogen and oxygen atoms in total. The molecule has 1 amide bonds. The van der Waals surface area contributed by atoms with E-state index in [4.69, 9.17) is 5.11 Å². The molecule has 0 saturated carbocycles. The van der Waals surface area contributed by atoms with Crippen LogP contribution in [0.2, 0.25) is 0 Å². The summed E-state index contributed by atoms with van der Waals surface area (Å²) in [6, 6.07) is 7.87. The smallest absolute Gasteiger partial charge is 0.336 e. The zero-order chi connectivity index (χ0) is 21.9. The van der Waals surface area contributed by atoms with Crippen molar-refractivity contribution in [2.75, 3.05) is 6.54 Å². The van der Waals surface area contributed by atoms with Crippen LogP contribution in [0.1, 0.15) is 42.6 Å². The lowest BCUT2D eigenvalue weighted by atomic mass is 10.1. The molecule has 2 aromatic heterocycles. The molecule has 1 aromatic carbocycles. The van der Waals surface area contributed by atoms with Crippen molar-refractivity contribution in [1.29, 1.82) is 5.26 Å². The van der Waals surface area contributed by atoms with Crippen molar-refractivity contribution in [2.24, 2.45) is 0 Å².